The third-order valence-corrected chi connectivity index (χ3v) is 3.52. The summed E-state index contributed by atoms with van der Waals surface area (Å²) >= 11 is 0. The van der Waals surface area contributed by atoms with E-state index < -0.39 is 0 Å². The minimum absolute atomic E-state index is 0.0388. The number of piperidine rings is 1. The third kappa shape index (κ3) is 3.30. The number of rotatable bonds is 3. The van der Waals surface area contributed by atoms with Crippen LogP contribution < -0.4 is 5.32 Å². The predicted molar refractivity (Wildman–Crippen MR) is 71.2 cm³/mol. The fourth-order valence-electron chi connectivity index (χ4n) is 2.20. The summed E-state index contributed by atoms with van der Waals surface area (Å²) in [5.41, 5.74) is 0.829. The normalized spacial score (nSPS) is 21.1. The molecule has 1 fully saturated rings. The Bertz CT molecular complexity index is 461. The van der Waals surface area contributed by atoms with Crippen molar-refractivity contribution in [3.8, 4) is 0 Å². The molecule has 1 aromatic heterocycles. The lowest BCUT2D eigenvalue weighted by Crippen LogP contribution is -2.42. The molecule has 1 N–H and O–H groups in total. The summed E-state index contributed by atoms with van der Waals surface area (Å²) in [5, 5.41) is 2.93. The number of amides is 2. The van der Waals surface area contributed by atoms with E-state index in [1.807, 2.05) is 25.1 Å². The van der Waals surface area contributed by atoms with Crippen LogP contribution in [0.15, 0.2) is 24.4 Å². The molecule has 0 spiro atoms. The number of likely N-dealkylation sites (tertiary alicyclic amines) is 1. The molecule has 2 rings (SSSR count). The maximum absolute atomic E-state index is 12.1. The fraction of sp³-hybridized carbons (Fsp3) is 0.500. The zero-order valence-electron chi connectivity index (χ0n) is 11.3. The highest BCUT2D eigenvalue weighted by molar-refractivity contribution is 5.87. The van der Waals surface area contributed by atoms with E-state index >= 15 is 0 Å². The van der Waals surface area contributed by atoms with Crippen molar-refractivity contribution < 1.29 is 9.59 Å². The van der Waals surface area contributed by atoms with Crippen LogP contribution >= 0.6 is 0 Å². The van der Waals surface area contributed by atoms with E-state index in [0.717, 1.165) is 12.1 Å². The average Bonchev–Trinajstić information content (AvgIpc) is 2.42. The molecule has 19 heavy (non-hydrogen) atoms. The highest BCUT2D eigenvalue weighted by atomic mass is 16.2. The molecular formula is C14H19N3O2. The van der Waals surface area contributed by atoms with Gasteiger partial charge in [-0.2, -0.15) is 0 Å². The summed E-state index contributed by atoms with van der Waals surface area (Å²) in [4.78, 5) is 29.6. The van der Waals surface area contributed by atoms with Crippen LogP contribution in [-0.4, -0.2) is 35.3 Å². The van der Waals surface area contributed by atoms with Crippen LogP contribution in [0.5, 0.6) is 0 Å². The van der Waals surface area contributed by atoms with Crippen LogP contribution in [0.1, 0.15) is 31.5 Å². The molecule has 1 saturated heterocycles. The highest BCUT2D eigenvalue weighted by Crippen LogP contribution is 2.19. The first-order valence-corrected chi connectivity index (χ1v) is 6.53. The average molecular weight is 261 g/mol. The SMILES string of the molecule is C[C@@H](NC(=O)[C@@H]1CCN(C)C(=O)C1)c1ccccn1. The molecule has 102 valence electrons. The van der Waals surface area contributed by atoms with Gasteiger partial charge in [-0.3, -0.25) is 14.6 Å². The second-order valence-corrected chi connectivity index (χ2v) is 4.99. The number of nitrogens with one attached hydrogen (secondary N) is 1. The predicted octanol–water partition coefficient (Wildman–Crippen LogP) is 1.13. The molecule has 5 nitrogen and oxygen atoms in total. The topological polar surface area (TPSA) is 62.3 Å². The lowest BCUT2D eigenvalue weighted by atomic mass is 9.95. The number of hydrogen-bond donors (Lipinski definition) is 1. The maximum atomic E-state index is 12.1. The highest BCUT2D eigenvalue weighted by Gasteiger charge is 2.29. The second-order valence-electron chi connectivity index (χ2n) is 4.99. The minimum Gasteiger partial charge on any atom is -0.348 e. The molecule has 2 atom stereocenters. The second kappa shape index (κ2) is 5.82. The van der Waals surface area contributed by atoms with Gasteiger partial charge in [-0.15, -0.1) is 0 Å². The Labute approximate surface area is 113 Å². The molecule has 0 saturated carbocycles. The van der Waals surface area contributed by atoms with Crippen LogP contribution in [0.3, 0.4) is 0 Å². The van der Waals surface area contributed by atoms with E-state index in [-0.39, 0.29) is 23.8 Å². The van der Waals surface area contributed by atoms with Crippen molar-refractivity contribution in [2.24, 2.45) is 5.92 Å². The summed E-state index contributed by atoms with van der Waals surface area (Å²) in [6.07, 6.45) is 2.73. The zero-order chi connectivity index (χ0) is 13.8. The van der Waals surface area contributed by atoms with Crippen LogP contribution in [0.2, 0.25) is 0 Å². The Balaban J connectivity index is 1.93. The third-order valence-electron chi connectivity index (χ3n) is 3.52. The monoisotopic (exact) mass is 261 g/mol. The first-order chi connectivity index (χ1) is 9.08. The van der Waals surface area contributed by atoms with E-state index in [2.05, 4.69) is 10.3 Å². The van der Waals surface area contributed by atoms with Crippen LogP contribution in [0.4, 0.5) is 0 Å². The van der Waals surface area contributed by atoms with Crippen molar-refractivity contribution in [1.29, 1.82) is 0 Å². The Morgan fingerprint density at radius 1 is 1.53 bits per heavy atom. The Hall–Kier alpha value is -1.91. The summed E-state index contributed by atoms with van der Waals surface area (Å²) < 4.78 is 0. The number of nitrogens with zero attached hydrogens (tertiary/aromatic N) is 2. The molecule has 1 aromatic rings. The van der Waals surface area contributed by atoms with Crippen molar-refractivity contribution in [3.05, 3.63) is 30.1 Å². The fourth-order valence-corrected chi connectivity index (χ4v) is 2.20. The molecule has 0 aliphatic carbocycles. The van der Waals surface area contributed by atoms with Crippen LogP contribution in [0.25, 0.3) is 0 Å². The molecule has 2 amide bonds. The zero-order valence-corrected chi connectivity index (χ0v) is 11.3. The van der Waals surface area contributed by atoms with Crippen molar-refractivity contribution in [3.63, 3.8) is 0 Å². The van der Waals surface area contributed by atoms with Gasteiger partial charge in [0.05, 0.1) is 11.7 Å². The Kier molecular flexibility index (Phi) is 4.14. The molecule has 5 heteroatoms. The van der Waals surface area contributed by atoms with E-state index in [0.29, 0.717) is 13.0 Å². The van der Waals surface area contributed by atoms with Crippen molar-refractivity contribution in [1.82, 2.24) is 15.2 Å². The summed E-state index contributed by atoms with van der Waals surface area (Å²) in [7, 11) is 1.77. The summed E-state index contributed by atoms with van der Waals surface area (Å²) in [5.74, 6) is -0.230. The van der Waals surface area contributed by atoms with Gasteiger partial charge in [-0.05, 0) is 25.5 Å². The van der Waals surface area contributed by atoms with Gasteiger partial charge >= 0.3 is 0 Å². The van der Waals surface area contributed by atoms with Crippen molar-refractivity contribution in [2.45, 2.75) is 25.8 Å². The summed E-state index contributed by atoms with van der Waals surface area (Å²) in [6, 6.07) is 5.48. The number of aromatic nitrogens is 1. The molecule has 0 unspecified atom stereocenters. The van der Waals surface area contributed by atoms with Crippen molar-refractivity contribution in [2.75, 3.05) is 13.6 Å². The van der Waals surface area contributed by atoms with Gasteiger partial charge in [0.2, 0.25) is 11.8 Å². The van der Waals surface area contributed by atoms with E-state index in [1.165, 1.54) is 0 Å². The molecule has 0 radical (unpaired) electrons. The Morgan fingerprint density at radius 2 is 2.32 bits per heavy atom. The lowest BCUT2D eigenvalue weighted by Gasteiger charge is -2.28. The molecule has 1 aliphatic heterocycles. The number of carbonyl (C=O) groups is 2. The molecular weight excluding hydrogens is 242 g/mol. The molecule has 0 aromatic carbocycles. The number of pyridine rings is 1. The number of hydrogen-bond acceptors (Lipinski definition) is 3. The first-order valence-electron chi connectivity index (χ1n) is 6.53. The smallest absolute Gasteiger partial charge is 0.224 e. The van der Waals surface area contributed by atoms with E-state index in [9.17, 15) is 9.59 Å². The van der Waals surface area contributed by atoms with Gasteiger partial charge in [-0.25, -0.2) is 0 Å². The first kappa shape index (κ1) is 13.5. The van der Waals surface area contributed by atoms with Gasteiger partial charge in [0.1, 0.15) is 0 Å². The van der Waals surface area contributed by atoms with Gasteiger partial charge in [0, 0.05) is 32.1 Å². The summed E-state index contributed by atoms with van der Waals surface area (Å²) in [6.45, 7) is 2.55. The standard InChI is InChI=1S/C14H19N3O2/c1-10(12-5-3-4-7-15-12)16-14(19)11-6-8-17(2)13(18)9-11/h3-5,7,10-11H,6,8-9H2,1-2H3,(H,16,19)/t10-,11-/m1/s1. The minimum atomic E-state index is -0.213. The van der Waals surface area contributed by atoms with Gasteiger partial charge in [0.15, 0.2) is 0 Å². The maximum Gasteiger partial charge on any atom is 0.224 e. The van der Waals surface area contributed by atoms with Crippen molar-refractivity contribution >= 4 is 11.8 Å². The van der Waals surface area contributed by atoms with E-state index in [1.54, 1.807) is 18.1 Å². The molecule has 2 heterocycles. The van der Waals surface area contributed by atoms with Gasteiger partial charge in [-0.1, -0.05) is 6.07 Å². The lowest BCUT2D eigenvalue weighted by molar-refractivity contribution is -0.139. The quantitative estimate of drug-likeness (QED) is 0.887. The van der Waals surface area contributed by atoms with Crippen LogP contribution in [0, 0.1) is 5.92 Å². The molecule has 0 bridgehead atoms. The number of carbonyl (C=O) groups excluding carboxylic acids is 2. The van der Waals surface area contributed by atoms with E-state index in [4.69, 9.17) is 0 Å². The molecule has 1 aliphatic rings. The Morgan fingerprint density at radius 3 is 2.95 bits per heavy atom. The van der Waals surface area contributed by atoms with Crippen LogP contribution in [-0.2, 0) is 9.59 Å². The van der Waals surface area contributed by atoms with Gasteiger partial charge in [0.25, 0.3) is 0 Å². The van der Waals surface area contributed by atoms with Gasteiger partial charge < -0.3 is 10.2 Å². The largest absolute Gasteiger partial charge is 0.348 e.